The van der Waals surface area contributed by atoms with Gasteiger partial charge < -0.3 is 24.8 Å². The molecule has 28 heavy (non-hydrogen) atoms. The molecule has 0 aliphatic rings. The van der Waals surface area contributed by atoms with E-state index in [4.69, 9.17) is 14.2 Å². The summed E-state index contributed by atoms with van der Waals surface area (Å²) >= 11 is 0. The number of aryl methyl sites for hydroxylation is 1. The Kier molecular flexibility index (Phi) is 9.31. The summed E-state index contributed by atoms with van der Waals surface area (Å²) in [5.41, 5.74) is 4.57. The lowest BCUT2D eigenvalue weighted by molar-refractivity contribution is 0.145. The highest BCUT2D eigenvalue weighted by atomic mass is 16.5. The van der Waals surface area contributed by atoms with Crippen LogP contribution in [0.25, 0.3) is 0 Å². The summed E-state index contributed by atoms with van der Waals surface area (Å²) < 4.78 is 16.1. The number of nitrogens with zero attached hydrogens (tertiary/aromatic N) is 1. The van der Waals surface area contributed by atoms with E-state index in [2.05, 4.69) is 52.9 Å². The molecule has 0 saturated heterocycles. The van der Waals surface area contributed by atoms with Crippen molar-refractivity contribution in [2.45, 2.75) is 26.6 Å². The van der Waals surface area contributed by atoms with Crippen LogP contribution in [0.1, 0.15) is 22.3 Å². The summed E-state index contributed by atoms with van der Waals surface area (Å²) in [6.45, 7) is 5.05. The fourth-order valence-corrected chi connectivity index (χ4v) is 2.76. The molecule has 6 heteroatoms. The van der Waals surface area contributed by atoms with Gasteiger partial charge in [-0.2, -0.15) is 0 Å². The zero-order valence-electron chi connectivity index (χ0n) is 17.2. The number of nitrogens with one attached hydrogen (secondary N) is 2. The molecular formula is C22H31N3O3. The fourth-order valence-electron chi connectivity index (χ4n) is 2.76. The van der Waals surface area contributed by atoms with E-state index < -0.39 is 0 Å². The third-order valence-corrected chi connectivity index (χ3v) is 4.20. The first-order chi connectivity index (χ1) is 13.7. The zero-order chi connectivity index (χ0) is 20.2. The number of hydrogen-bond acceptors (Lipinski definition) is 4. The Balaban J connectivity index is 1.92. The highest BCUT2D eigenvalue weighted by Crippen LogP contribution is 2.20. The van der Waals surface area contributed by atoms with E-state index in [0.29, 0.717) is 32.9 Å². The quantitative estimate of drug-likeness (QED) is 0.374. The molecule has 0 atom stereocenters. The molecule has 0 spiro atoms. The lowest BCUT2D eigenvalue weighted by Gasteiger charge is -2.15. The highest BCUT2D eigenvalue weighted by Gasteiger charge is 2.06. The molecular weight excluding hydrogens is 354 g/mol. The average molecular weight is 386 g/mol. The van der Waals surface area contributed by atoms with Crippen molar-refractivity contribution < 1.29 is 14.2 Å². The molecule has 0 aliphatic carbocycles. The van der Waals surface area contributed by atoms with Gasteiger partial charge in [0.25, 0.3) is 0 Å². The van der Waals surface area contributed by atoms with Crippen molar-refractivity contribution in [3.63, 3.8) is 0 Å². The maximum absolute atomic E-state index is 5.85. The van der Waals surface area contributed by atoms with E-state index in [9.17, 15) is 0 Å². The molecule has 2 aromatic rings. The Hall–Kier alpha value is -2.57. The first-order valence-corrected chi connectivity index (χ1v) is 9.38. The molecule has 0 heterocycles. The number of hydrogen-bond donors (Lipinski definition) is 2. The molecule has 2 N–H and O–H groups in total. The molecule has 0 unspecified atom stereocenters. The van der Waals surface area contributed by atoms with Gasteiger partial charge in [0.15, 0.2) is 5.96 Å². The van der Waals surface area contributed by atoms with Crippen LogP contribution in [0.3, 0.4) is 0 Å². The lowest BCUT2D eigenvalue weighted by atomic mass is 10.1. The van der Waals surface area contributed by atoms with Gasteiger partial charge in [-0.05, 0) is 29.7 Å². The van der Waals surface area contributed by atoms with Crippen LogP contribution in [0.15, 0.2) is 47.5 Å². The summed E-state index contributed by atoms with van der Waals surface area (Å²) in [4.78, 5) is 4.31. The molecule has 0 amide bonds. The molecule has 0 fully saturated rings. The molecule has 0 aromatic heterocycles. The standard InChI is InChI=1S/C22H31N3O3/c1-17-8-9-20(21(12-17)28-11-10-26-3)15-25-22(23-2)24-14-18-6-5-7-19(13-18)16-27-4/h5-9,12-13H,10-11,14-16H2,1-4H3,(H2,23,24,25). The minimum Gasteiger partial charge on any atom is -0.491 e. The van der Waals surface area contributed by atoms with Crippen LogP contribution in [-0.4, -0.2) is 40.4 Å². The van der Waals surface area contributed by atoms with Crippen molar-refractivity contribution in [1.82, 2.24) is 10.6 Å². The van der Waals surface area contributed by atoms with E-state index in [1.807, 2.05) is 12.1 Å². The Labute approximate surface area is 167 Å². The summed E-state index contributed by atoms with van der Waals surface area (Å²) in [6.07, 6.45) is 0. The third kappa shape index (κ3) is 7.21. The van der Waals surface area contributed by atoms with E-state index in [-0.39, 0.29) is 0 Å². The van der Waals surface area contributed by atoms with Crippen LogP contribution in [-0.2, 0) is 29.2 Å². The van der Waals surface area contributed by atoms with Crippen molar-refractivity contribution in [3.8, 4) is 5.75 Å². The van der Waals surface area contributed by atoms with Gasteiger partial charge in [0.1, 0.15) is 12.4 Å². The molecule has 0 saturated carbocycles. The number of aliphatic imine (C=N–C) groups is 1. The molecule has 2 aromatic carbocycles. The summed E-state index contributed by atoms with van der Waals surface area (Å²) in [5.74, 6) is 1.60. The van der Waals surface area contributed by atoms with Crippen molar-refractivity contribution in [2.24, 2.45) is 4.99 Å². The van der Waals surface area contributed by atoms with Crippen LogP contribution >= 0.6 is 0 Å². The van der Waals surface area contributed by atoms with Gasteiger partial charge in [-0.25, -0.2) is 0 Å². The number of methoxy groups -OCH3 is 2. The van der Waals surface area contributed by atoms with Crippen LogP contribution in [0.4, 0.5) is 0 Å². The Bertz CT molecular complexity index is 762. The summed E-state index contributed by atoms with van der Waals surface area (Å²) in [7, 11) is 5.14. The van der Waals surface area contributed by atoms with Crippen LogP contribution < -0.4 is 15.4 Å². The van der Waals surface area contributed by atoms with E-state index in [0.717, 1.165) is 28.4 Å². The Morgan fingerprint density at radius 1 is 0.929 bits per heavy atom. The molecule has 0 bridgehead atoms. The predicted octanol–water partition coefficient (Wildman–Crippen LogP) is 3.03. The number of guanidine groups is 1. The minimum atomic E-state index is 0.526. The lowest BCUT2D eigenvalue weighted by Crippen LogP contribution is -2.36. The second-order valence-electron chi connectivity index (χ2n) is 6.48. The van der Waals surface area contributed by atoms with Gasteiger partial charge in [-0.1, -0.05) is 36.4 Å². The van der Waals surface area contributed by atoms with Gasteiger partial charge in [-0.3, -0.25) is 4.99 Å². The molecule has 0 radical (unpaired) electrons. The van der Waals surface area contributed by atoms with Crippen LogP contribution in [0.2, 0.25) is 0 Å². The second-order valence-corrected chi connectivity index (χ2v) is 6.48. The summed E-state index contributed by atoms with van der Waals surface area (Å²) in [5, 5.41) is 6.69. The third-order valence-electron chi connectivity index (χ3n) is 4.20. The SMILES string of the molecule is CN=C(NCc1cccc(COC)c1)NCc1ccc(C)cc1OCCOC. The monoisotopic (exact) mass is 385 g/mol. The average Bonchev–Trinajstić information content (AvgIpc) is 2.70. The first kappa shape index (κ1) is 21.7. The van der Waals surface area contributed by atoms with E-state index in [1.165, 1.54) is 5.56 Å². The maximum atomic E-state index is 5.85. The first-order valence-electron chi connectivity index (χ1n) is 9.38. The van der Waals surface area contributed by atoms with Crippen molar-refractivity contribution >= 4 is 5.96 Å². The molecule has 6 nitrogen and oxygen atoms in total. The number of rotatable bonds is 10. The van der Waals surface area contributed by atoms with Gasteiger partial charge in [0, 0.05) is 39.9 Å². The van der Waals surface area contributed by atoms with Gasteiger partial charge >= 0.3 is 0 Å². The van der Waals surface area contributed by atoms with E-state index >= 15 is 0 Å². The molecule has 152 valence electrons. The Morgan fingerprint density at radius 2 is 1.71 bits per heavy atom. The van der Waals surface area contributed by atoms with Gasteiger partial charge in [-0.15, -0.1) is 0 Å². The largest absolute Gasteiger partial charge is 0.491 e. The van der Waals surface area contributed by atoms with Crippen molar-refractivity contribution in [3.05, 3.63) is 64.7 Å². The van der Waals surface area contributed by atoms with Crippen molar-refractivity contribution in [1.29, 1.82) is 0 Å². The predicted molar refractivity (Wildman–Crippen MR) is 113 cm³/mol. The van der Waals surface area contributed by atoms with Crippen LogP contribution in [0.5, 0.6) is 5.75 Å². The number of benzene rings is 2. The minimum absolute atomic E-state index is 0.526. The van der Waals surface area contributed by atoms with Crippen molar-refractivity contribution in [2.75, 3.05) is 34.5 Å². The summed E-state index contributed by atoms with van der Waals surface area (Å²) in [6, 6.07) is 14.5. The maximum Gasteiger partial charge on any atom is 0.191 e. The van der Waals surface area contributed by atoms with Gasteiger partial charge in [0.2, 0.25) is 0 Å². The Morgan fingerprint density at radius 3 is 2.46 bits per heavy atom. The topological polar surface area (TPSA) is 64.1 Å². The van der Waals surface area contributed by atoms with Crippen LogP contribution in [0, 0.1) is 6.92 Å². The molecule has 2 rings (SSSR count). The highest BCUT2D eigenvalue weighted by molar-refractivity contribution is 5.79. The van der Waals surface area contributed by atoms with E-state index in [1.54, 1.807) is 21.3 Å². The zero-order valence-corrected chi connectivity index (χ0v) is 17.2. The molecule has 0 aliphatic heterocycles. The smallest absolute Gasteiger partial charge is 0.191 e. The van der Waals surface area contributed by atoms with Gasteiger partial charge in [0.05, 0.1) is 13.2 Å². The second kappa shape index (κ2) is 12.0. The number of ether oxygens (including phenoxy) is 3. The fraction of sp³-hybridized carbons (Fsp3) is 0.409. The normalized spacial score (nSPS) is 11.4.